The summed E-state index contributed by atoms with van der Waals surface area (Å²) < 4.78 is 0. The summed E-state index contributed by atoms with van der Waals surface area (Å²) in [6.45, 7) is 12.4. The molecule has 30 heavy (non-hydrogen) atoms. The Morgan fingerprint density at radius 1 is 0.867 bits per heavy atom. The molecule has 3 aromatic rings. The van der Waals surface area contributed by atoms with Crippen molar-refractivity contribution in [3.05, 3.63) is 107 Å². The van der Waals surface area contributed by atoms with Crippen molar-refractivity contribution in [3.63, 3.8) is 0 Å². The van der Waals surface area contributed by atoms with Crippen LogP contribution in [0.25, 0.3) is 22.1 Å². The second-order valence-electron chi connectivity index (χ2n) is 7.41. The molecule has 0 aliphatic heterocycles. The smallest absolute Gasteiger partial charge is 1.00 e. The standard InChI is InChI=1S/C17H15.C9H12N.2ClH.Ti/c1-12-7-8-15(11-12)17-10-9-14-5-3-4-6-16(14)13(17)2;1-6-4-7(2)9(10)8(3)5-6;;;/h3-7,9-11H,2,8H2,1H3;4-5,10H,1-3H3;2*1H;/q2*-1;;;+2/p-2. The molecule has 156 valence electrons. The third-order valence-electron chi connectivity index (χ3n) is 5.11. The molecule has 1 nitrogen and oxygen atoms in total. The van der Waals surface area contributed by atoms with Crippen LogP contribution in [0.2, 0.25) is 0 Å². The summed E-state index contributed by atoms with van der Waals surface area (Å²) in [5.74, 6) is 0. The van der Waals surface area contributed by atoms with Crippen LogP contribution < -0.4 is 24.8 Å². The Hall–Kier alpha value is -1.64. The zero-order valence-corrected chi connectivity index (χ0v) is 21.0. The predicted molar refractivity (Wildman–Crippen MR) is 119 cm³/mol. The second kappa shape index (κ2) is 12.3. The minimum atomic E-state index is 0. The molecule has 0 aromatic heterocycles. The van der Waals surface area contributed by atoms with Crippen LogP contribution in [-0.4, -0.2) is 0 Å². The average molecular weight is 472 g/mol. The first kappa shape index (κ1) is 28.4. The van der Waals surface area contributed by atoms with Crippen LogP contribution in [0.5, 0.6) is 0 Å². The van der Waals surface area contributed by atoms with Crippen molar-refractivity contribution in [1.29, 1.82) is 0 Å². The molecule has 3 aromatic carbocycles. The van der Waals surface area contributed by atoms with Crippen molar-refractivity contribution in [2.45, 2.75) is 34.1 Å². The maximum Gasteiger partial charge on any atom is 2.00 e. The number of fused-ring (bicyclic) bond motifs is 1. The van der Waals surface area contributed by atoms with E-state index < -0.39 is 0 Å². The van der Waals surface area contributed by atoms with E-state index >= 15 is 0 Å². The van der Waals surface area contributed by atoms with Gasteiger partial charge in [0.1, 0.15) is 0 Å². The quantitative estimate of drug-likeness (QED) is 0.383. The van der Waals surface area contributed by atoms with Gasteiger partial charge in [-0.3, -0.25) is 0 Å². The Labute approximate surface area is 208 Å². The van der Waals surface area contributed by atoms with Crippen molar-refractivity contribution in [1.82, 2.24) is 0 Å². The van der Waals surface area contributed by atoms with Crippen molar-refractivity contribution in [2.24, 2.45) is 0 Å². The Bertz CT molecular complexity index is 1040. The van der Waals surface area contributed by atoms with Crippen LogP contribution in [0.15, 0.2) is 66.3 Å². The van der Waals surface area contributed by atoms with E-state index in [1.807, 2.05) is 26.0 Å². The van der Waals surface area contributed by atoms with E-state index in [9.17, 15) is 0 Å². The number of rotatable bonds is 1. The fourth-order valence-corrected chi connectivity index (χ4v) is 3.67. The van der Waals surface area contributed by atoms with E-state index in [0.29, 0.717) is 5.69 Å². The molecule has 0 radical (unpaired) electrons. The molecule has 0 bridgehead atoms. The molecule has 0 atom stereocenters. The fraction of sp³-hybridized carbons (Fsp3) is 0.192. The first-order chi connectivity index (χ1) is 12.9. The third-order valence-corrected chi connectivity index (χ3v) is 5.11. The Kier molecular flexibility index (Phi) is 11.6. The zero-order valence-electron chi connectivity index (χ0n) is 17.9. The van der Waals surface area contributed by atoms with Crippen LogP contribution in [-0.2, 0) is 21.7 Å². The van der Waals surface area contributed by atoms with Gasteiger partial charge < -0.3 is 30.5 Å². The van der Waals surface area contributed by atoms with Crippen LogP contribution >= 0.6 is 0 Å². The summed E-state index contributed by atoms with van der Waals surface area (Å²) in [5.41, 5.74) is 16.8. The maximum atomic E-state index is 7.54. The summed E-state index contributed by atoms with van der Waals surface area (Å²) in [6, 6.07) is 16.9. The Morgan fingerprint density at radius 3 is 2.03 bits per heavy atom. The molecule has 0 heterocycles. The van der Waals surface area contributed by atoms with Crippen molar-refractivity contribution in [2.75, 3.05) is 0 Å². The van der Waals surface area contributed by atoms with E-state index in [4.69, 9.17) is 5.73 Å². The number of aryl methyl sites for hydroxylation is 3. The van der Waals surface area contributed by atoms with Gasteiger partial charge in [0.05, 0.1) is 0 Å². The molecule has 4 rings (SSSR count). The maximum absolute atomic E-state index is 7.54. The summed E-state index contributed by atoms with van der Waals surface area (Å²) >= 11 is 0. The van der Waals surface area contributed by atoms with Crippen LogP contribution in [0.4, 0.5) is 5.69 Å². The summed E-state index contributed by atoms with van der Waals surface area (Å²) in [7, 11) is 0. The minimum absolute atomic E-state index is 0. The molecule has 0 unspecified atom stereocenters. The van der Waals surface area contributed by atoms with E-state index in [1.165, 1.54) is 33.0 Å². The SMILES string of the molecule is Cc1cc(C)c([NH-])c(C)c1.[CH2-]c1c(C2=CC(C)=CC2)ccc2ccccc12.[Cl-].[Cl-].[Ti+2]. The van der Waals surface area contributed by atoms with Crippen LogP contribution in [0, 0.1) is 27.7 Å². The van der Waals surface area contributed by atoms with Gasteiger partial charge in [-0.2, -0.15) is 12.5 Å². The van der Waals surface area contributed by atoms with Crippen molar-refractivity contribution < 1.29 is 46.5 Å². The van der Waals surface area contributed by atoms with E-state index in [2.05, 4.69) is 69.3 Å². The molecule has 1 aliphatic carbocycles. The number of allylic oxidation sites excluding steroid dienone is 4. The monoisotopic (exact) mass is 471 g/mol. The molecular weight excluding hydrogens is 445 g/mol. The Balaban J connectivity index is 0.000000569. The van der Waals surface area contributed by atoms with Gasteiger partial charge in [0.15, 0.2) is 0 Å². The molecular formula is C26H27Cl2NTi-2. The molecule has 1 N–H and O–H groups in total. The minimum Gasteiger partial charge on any atom is -1.00 e. The molecule has 0 fully saturated rings. The van der Waals surface area contributed by atoms with Gasteiger partial charge in [0.25, 0.3) is 0 Å². The van der Waals surface area contributed by atoms with E-state index in [-0.39, 0.29) is 46.5 Å². The predicted octanol–water partition coefficient (Wildman–Crippen LogP) is 2.06. The summed E-state index contributed by atoms with van der Waals surface area (Å²) in [4.78, 5) is 0. The number of nitrogens with one attached hydrogen (secondary N) is 1. The largest absolute Gasteiger partial charge is 2.00 e. The third kappa shape index (κ3) is 6.43. The van der Waals surface area contributed by atoms with Crippen LogP contribution in [0.3, 0.4) is 0 Å². The molecule has 0 spiro atoms. The van der Waals surface area contributed by atoms with E-state index in [0.717, 1.165) is 23.1 Å². The molecule has 4 heteroatoms. The van der Waals surface area contributed by atoms with Gasteiger partial charge in [-0.05, 0) is 34.1 Å². The Morgan fingerprint density at radius 2 is 1.47 bits per heavy atom. The van der Waals surface area contributed by atoms with Gasteiger partial charge in [-0.15, -0.1) is 28.8 Å². The normalized spacial score (nSPS) is 11.7. The number of halogens is 2. The van der Waals surface area contributed by atoms with Gasteiger partial charge in [0.2, 0.25) is 0 Å². The topological polar surface area (TPSA) is 23.8 Å². The average Bonchev–Trinajstić information content (AvgIpc) is 3.07. The van der Waals surface area contributed by atoms with Crippen molar-refractivity contribution in [3.8, 4) is 0 Å². The van der Waals surface area contributed by atoms with Crippen molar-refractivity contribution >= 4 is 22.0 Å². The summed E-state index contributed by atoms with van der Waals surface area (Å²) in [6.07, 6.45) is 5.56. The molecule has 1 aliphatic rings. The van der Waals surface area contributed by atoms with Gasteiger partial charge in [-0.1, -0.05) is 81.8 Å². The fourth-order valence-electron chi connectivity index (χ4n) is 3.67. The first-order valence-corrected chi connectivity index (χ1v) is 9.37. The molecule has 0 amide bonds. The zero-order chi connectivity index (χ0) is 19.6. The molecule has 0 saturated heterocycles. The summed E-state index contributed by atoms with van der Waals surface area (Å²) in [5, 5.41) is 2.53. The van der Waals surface area contributed by atoms with Gasteiger partial charge in [-0.25, -0.2) is 0 Å². The number of benzene rings is 3. The van der Waals surface area contributed by atoms with Gasteiger partial charge >= 0.3 is 21.7 Å². The van der Waals surface area contributed by atoms with E-state index in [1.54, 1.807) is 0 Å². The number of hydrogen-bond donors (Lipinski definition) is 0. The van der Waals surface area contributed by atoms with Crippen LogP contribution in [0.1, 0.15) is 41.2 Å². The molecule has 0 saturated carbocycles. The van der Waals surface area contributed by atoms with Gasteiger partial charge in [0, 0.05) is 0 Å². The number of hydrogen-bond acceptors (Lipinski definition) is 0. The first-order valence-electron chi connectivity index (χ1n) is 9.37. The second-order valence-corrected chi connectivity index (χ2v) is 7.41.